The summed E-state index contributed by atoms with van der Waals surface area (Å²) in [6.45, 7) is 6.22. The second-order valence-electron chi connectivity index (χ2n) is 4.17. The lowest BCUT2D eigenvalue weighted by Gasteiger charge is -2.14. The Hall–Kier alpha value is -0.940. The van der Waals surface area contributed by atoms with Gasteiger partial charge in [-0.15, -0.1) is 0 Å². The van der Waals surface area contributed by atoms with E-state index in [-0.39, 0.29) is 17.9 Å². The summed E-state index contributed by atoms with van der Waals surface area (Å²) in [4.78, 5) is 11.7. The summed E-state index contributed by atoms with van der Waals surface area (Å²) in [5.74, 6) is 0.114. The largest absolute Gasteiger partial charge is 0.393 e. The standard InChI is InChI=1S/C11H18N2O2S/c1-7(2)10(14)4-5-12-11(15)9-6-16-13-8(9)3/h6-7,10,14H,4-5H2,1-3H3,(H,12,15). The fourth-order valence-corrected chi connectivity index (χ4v) is 1.96. The van der Waals surface area contributed by atoms with Crippen molar-refractivity contribution in [3.8, 4) is 0 Å². The van der Waals surface area contributed by atoms with E-state index in [1.165, 1.54) is 11.5 Å². The van der Waals surface area contributed by atoms with E-state index in [1.807, 2.05) is 20.8 Å². The Bertz CT molecular complexity index is 350. The van der Waals surface area contributed by atoms with Crippen molar-refractivity contribution in [2.24, 2.45) is 5.92 Å². The van der Waals surface area contributed by atoms with E-state index in [9.17, 15) is 9.90 Å². The fourth-order valence-electron chi connectivity index (χ4n) is 1.27. The normalized spacial score (nSPS) is 12.8. The van der Waals surface area contributed by atoms with E-state index >= 15 is 0 Å². The zero-order chi connectivity index (χ0) is 12.1. The van der Waals surface area contributed by atoms with E-state index in [0.717, 1.165) is 5.69 Å². The topological polar surface area (TPSA) is 62.2 Å². The van der Waals surface area contributed by atoms with Crippen LogP contribution in [-0.4, -0.2) is 28.0 Å². The number of aliphatic hydroxyl groups is 1. The Balaban J connectivity index is 2.34. The first-order valence-electron chi connectivity index (χ1n) is 5.39. The number of amides is 1. The Morgan fingerprint density at radius 3 is 2.81 bits per heavy atom. The van der Waals surface area contributed by atoms with Crippen LogP contribution in [0.4, 0.5) is 0 Å². The van der Waals surface area contributed by atoms with Crippen LogP contribution in [0.3, 0.4) is 0 Å². The number of rotatable bonds is 5. The molecule has 90 valence electrons. The molecule has 0 bridgehead atoms. The summed E-state index contributed by atoms with van der Waals surface area (Å²) in [7, 11) is 0. The Labute approximate surface area is 99.9 Å². The summed E-state index contributed by atoms with van der Waals surface area (Å²) in [5.41, 5.74) is 1.39. The Morgan fingerprint density at radius 1 is 1.62 bits per heavy atom. The molecule has 1 unspecified atom stereocenters. The first-order chi connectivity index (χ1) is 7.52. The van der Waals surface area contributed by atoms with Crippen molar-refractivity contribution < 1.29 is 9.90 Å². The highest BCUT2D eigenvalue weighted by Crippen LogP contribution is 2.09. The lowest BCUT2D eigenvalue weighted by molar-refractivity contribution is 0.0920. The van der Waals surface area contributed by atoms with Crippen LogP contribution >= 0.6 is 11.5 Å². The fraction of sp³-hybridized carbons (Fsp3) is 0.636. The molecule has 0 spiro atoms. The van der Waals surface area contributed by atoms with Gasteiger partial charge in [0, 0.05) is 11.9 Å². The Morgan fingerprint density at radius 2 is 2.31 bits per heavy atom. The molecule has 0 radical (unpaired) electrons. The van der Waals surface area contributed by atoms with Crippen LogP contribution < -0.4 is 5.32 Å². The van der Waals surface area contributed by atoms with Gasteiger partial charge in [-0.3, -0.25) is 4.79 Å². The third-order valence-electron chi connectivity index (χ3n) is 2.49. The molecule has 0 fully saturated rings. The molecule has 1 heterocycles. The summed E-state index contributed by atoms with van der Waals surface area (Å²) in [6, 6.07) is 0. The number of carbonyl (C=O) groups excluding carboxylic acids is 1. The molecule has 1 amide bonds. The minimum absolute atomic E-state index is 0.109. The van der Waals surface area contributed by atoms with Gasteiger partial charge in [0.05, 0.1) is 17.4 Å². The van der Waals surface area contributed by atoms with Crippen molar-refractivity contribution >= 4 is 17.4 Å². The molecule has 0 aliphatic rings. The van der Waals surface area contributed by atoms with Gasteiger partial charge >= 0.3 is 0 Å². The van der Waals surface area contributed by atoms with Crippen LogP contribution in [0.5, 0.6) is 0 Å². The van der Waals surface area contributed by atoms with Crippen molar-refractivity contribution in [1.82, 2.24) is 9.69 Å². The van der Waals surface area contributed by atoms with Gasteiger partial charge in [0.2, 0.25) is 0 Å². The molecular formula is C11H18N2O2S. The molecule has 1 atom stereocenters. The van der Waals surface area contributed by atoms with Gasteiger partial charge in [0.1, 0.15) is 0 Å². The Kier molecular flexibility index (Phi) is 4.89. The van der Waals surface area contributed by atoms with Crippen LogP contribution in [0.1, 0.15) is 36.3 Å². The average Bonchev–Trinajstić information content (AvgIpc) is 2.64. The number of aromatic nitrogens is 1. The quantitative estimate of drug-likeness (QED) is 0.824. The van der Waals surface area contributed by atoms with E-state index in [1.54, 1.807) is 5.38 Å². The molecule has 1 aromatic heterocycles. The maximum Gasteiger partial charge on any atom is 0.254 e. The lowest BCUT2D eigenvalue weighted by atomic mass is 10.0. The minimum Gasteiger partial charge on any atom is -0.393 e. The van der Waals surface area contributed by atoms with Gasteiger partial charge < -0.3 is 10.4 Å². The number of hydrogen-bond donors (Lipinski definition) is 2. The van der Waals surface area contributed by atoms with Crippen molar-refractivity contribution in [3.05, 3.63) is 16.6 Å². The molecule has 2 N–H and O–H groups in total. The van der Waals surface area contributed by atoms with Crippen molar-refractivity contribution in [1.29, 1.82) is 0 Å². The third kappa shape index (κ3) is 3.57. The van der Waals surface area contributed by atoms with Crippen LogP contribution in [0.25, 0.3) is 0 Å². The monoisotopic (exact) mass is 242 g/mol. The van der Waals surface area contributed by atoms with Crippen molar-refractivity contribution in [2.75, 3.05) is 6.54 Å². The van der Waals surface area contributed by atoms with Gasteiger partial charge in [0.15, 0.2) is 0 Å². The van der Waals surface area contributed by atoms with Crippen LogP contribution in [0.2, 0.25) is 0 Å². The van der Waals surface area contributed by atoms with Gasteiger partial charge in [-0.1, -0.05) is 13.8 Å². The minimum atomic E-state index is -0.359. The van der Waals surface area contributed by atoms with E-state index in [2.05, 4.69) is 9.69 Å². The molecule has 4 nitrogen and oxygen atoms in total. The number of hydrogen-bond acceptors (Lipinski definition) is 4. The van der Waals surface area contributed by atoms with Crippen LogP contribution in [-0.2, 0) is 0 Å². The van der Waals surface area contributed by atoms with Gasteiger partial charge in [-0.2, -0.15) is 4.37 Å². The van der Waals surface area contributed by atoms with Crippen LogP contribution in [0.15, 0.2) is 5.38 Å². The van der Waals surface area contributed by atoms with Gasteiger partial charge in [-0.05, 0) is 30.8 Å². The van der Waals surface area contributed by atoms with E-state index in [4.69, 9.17) is 0 Å². The van der Waals surface area contributed by atoms with Crippen molar-refractivity contribution in [2.45, 2.75) is 33.3 Å². The number of nitrogens with zero attached hydrogens (tertiary/aromatic N) is 1. The maximum atomic E-state index is 11.7. The van der Waals surface area contributed by atoms with E-state index in [0.29, 0.717) is 18.5 Å². The highest BCUT2D eigenvalue weighted by atomic mass is 32.1. The summed E-state index contributed by atoms with van der Waals surface area (Å²) < 4.78 is 4.04. The first-order valence-corrected chi connectivity index (χ1v) is 6.23. The maximum absolute atomic E-state index is 11.7. The summed E-state index contributed by atoms with van der Waals surface area (Å²) in [5, 5.41) is 14.1. The molecule has 1 aromatic rings. The van der Waals surface area contributed by atoms with Crippen molar-refractivity contribution in [3.63, 3.8) is 0 Å². The number of aryl methyl sites for hydroxylation is 1. The molecule has 0 aromatic carbocycles. The highest BCUT2D eigenvalue weighted by molar-refractivity contribution is 7.03. The van der Waals surface area contributed by atoms with Gasteiger partial charge in [-0.25, -0.2) is 0 Å². The molecule has 16 heavy (non-hydrogen) atoms. The third-order valence-corrected chi connectivity index (χ3v) is 3.21. The molecule has 0 aliphatic carbocycles. The molecule has 0 saturated carbocycles. The van der Waals surface area contributed by atoms with Crippen LogP contribution in [0, 0.1) is 12.8 Å². The molecule has 5 heteroatoms. The molecular weight excluding hydrogens is 224 g/mol. The SMILES string of the molecule is Cc1nscc1C(=O)NCCC(O)C(C)C. The zero-order valence-corrected chi connectivity index (χ0v) is 10.7. The highest BCUT2D eigenvalue weighted by Gasteiger charge is 2.12. The molecule has 0 aliphatic heterocycles. The summed E-state index contributed by atoms with van der Waals surface area (Å²) in [6.07, 6.45) is 0.224. The lowest BCUT2D eigenvalue weighted by Crippen LogP contribution is -2.28. The predicted octanol–water partition coefficient (Wildman–Crippen LogP) is 1.59. The average molecular weight is 242 g/mol. The number of nitrogens with one attached hydrogen (secondary N) is 1. The number of carbonyl (C=O) groups is 1. The second-order valence-corrected chi connectivity index (χ2v) is 4.80. The predicted molar refractivity (Wildman–Crippen MR) is 64.6 cm³/mol. The van der Waals surface area contributed by atoms with Gasteiger partial charge in [0.25, 0.3) is 5.91 Å². The second kappa shape index (κ2) is 5.96. The first kappa shape index (κ1) is 13.1. The molecule has 0 saturated heterocycles. The molecule has 1 rings (SSSR count). The summed E-state index contributed by atoms with van der Waals surface area (Å²) >= 11 is 1.28. The number of aliphatic hydroxyl groups excluding tert-OH is 1. The van der Waals surface area contributed by atoms with E-state index < -0.39 is 0 Å². The zero-order valence-electron chi connectivity index (χ0n) is 9.86. The smallest absolute Gasteiger partial charge is 0.254 e.